The monoisotopic (exact) mass is 294 g/mol. The molecule has 1 aliphatic carbocycles. The van der Waals surface area contributed by atoms with Crippen LogP contribution in [0, 0.1) is 24.4 Å². The molecule has 21 heavy (non-hydrogen) atoms. The lowest BCUT2D eigenvalue weighted by molar-refractivity contribution is 0.448. The highest BCUT2D eigenvalue weighted by Crippen LogP contribution is 2.39. The second-order valence-electron chi connectivity index (χ2n) is 5.09. The smallest absolute Gasteiger partial charge is 0.194 e. The van der Waals surface area contributed by atoms with E-state index in [1.807, 2.05) is 0 Å². The van der Waals surface area contributed by atoms with Gasteiger partial charge in [-0.2, -0.15) is 0 Å². The van der Waals surface area contributed by atoms with E-state index < -0.39 is 17.5 Å². The maximum absolute atomic E-state index is 13.2. The normalized spacial score (nSPS) is 14.3. The van der Waals surface area contributed by atoms with Crippen molar-refractivity contribution in [2.24, 2.45) is 0 Å². The molecule has 0 aliphatic heterocycles. The van der Waals surface area contributed by atoms with E-state index in [1.54, 1.807) is 6.92 Å². The zero-order chi connectivity index (χ0) is 15.1. The van der Waals surface area contributed by atoms with E-state index >= 15 is 0 Å². The Labute approximate surface area is 119 Å². The molecule has 1 aliphatic rings. The molecule has 0 atom stereocenters. The summed E-state index contributed by atoms with van der Waals surface area (Å²) in [5, 5.41) is 2.77. The molecule has 0 bridgehead atoms. The van der Waals surface area contributed by atoms with Gasteiger partial charge in [0.2, 0.25) is 0 Å². The maximum atomic E-state index is 13.2. The molecule has 0 spiro atoms. The molecule has 1 saturated carbocycles. The molecule has 3 N–H and O–H groups in total. The van der Waals surface area contributed by atoms with Crippen LogP contribution in [-0.4, -0.2) is 9.97 Å². The molecule has 0 amide bonds. The van der Waals surface area contributed by atoms with E-state index in [0.29, 0.717) is 23.0 Å². The molecule has 1 fully saturated rings. The number of anilines is 3. The van der Waals surface area contributed by atoms with Crippen molar-refractivity contribution < 1.29 is 13.2 Å². The van der Waals surface area contributed by atoms with Crippen LogP contribution in [0.1, 0.15) is 30.1 Å². The number of nitrogens with zero attached hydrogens (tertiary/aromatic N) is 2. The van der Waals surface area contributed by atoms with Gasteiger partial charge in [-0.1, -0.05) is 0 Å². The van der Waals surface area contributed by atoms with Crippen molar-refractivity contribution in [1.82, 2.24) is 9.97 Å². The van der Waals surface area contributed by atoms with Crippen LogP contribution in [0.5, 0.6) is 0 Å². The van der Waals surface area contributed by atoms with Crippen molar-refractivity contribution in [2.45, 2.75) is 25.7 Å². The molecule has 110 valence electrons. The molecular weight excluding hydrogens is 281 g/mol. The van der Waals surface area contributed by atoms with E-state index in [1.165, 1.54) is 0 Å². The number of hydrogen-bond donors (Lipinski definition) is 2. The van der Waals surface area contributed by atoms with Gasteiger partial charge in [0.05, 0.1) is 0 Å². The van der Waals surface area contributed by atoms with Gasteiger partial charge in [0.25, 0.3) is 0 Å². The first-order chi connectivity index (χ1) is 9.95. The average Bonchev–Trinajstić information content (AvgIpc) is 3.25. The second kappa shape index (κ2) is 4.91. The Balaban J connectivity index is 1.97. The summed E-state index contributed by atoms with van der Waals surface area (Å²) in [6, 6.07) is 1.74. The van der Waals surface area contributed by atoms with Gasteiger partial charge in [-0.25, -0.2) is 23.1 Å². The molecule has 1 aromatic carbocycles. The van der Waals surface area contributed by atoms with Crippen molar-refractivity contribution in [3.63, 3.8) is 0 Å². The Kier molecular flexibility index (Phi) is 3.19. The Morgan fingerprint density at radius 1 is 1.14 bits per heavy atom. The van der Waals surface area contributed by atoms with E-state index in [-0.39, 0.29) is 11.6 Å². The van der Waals surface area contributed by atoms with Gasteiger partial charge >= 0.3 is 0 Å². The number of aromatic nitrogens is 2. The summed E-state index contributed by atoms with van der Waals surface area (Å²) >= 11 is 0. The molecule has 2 aromatic rings. The van der Waals surface area contributed by atoms with Crippen LogP contribution in [0.15, 0.2) is 12.1 Å². The standard InChI is InChI=1S/C14H13F3N4/c1-6-12(18)20-14(7-2-3-7)21-13(6)19-8-4-9(15)11(17)10(16)5-8/h4-5,7H,2-3H2,1H3,(H3,18,19,20,21). The third-order valence-electron chi connectivity index (χ3n) is 3.39. The van der Waals surface area contributed by atoms with Gasteiger partial charge in [-0.05, 0) is 19.8 Å². The average molecular weight is 294 g/mol. The summed E-state index contributed by atoms with van der Waals surface area (Å²) < 4.78 is 39.4. The minimum absolute atomic E-state index is 0.0642. The second-order valence-corrected chi connectivity index (χ2v) is 5.09. The fourth-order valence-electron chi connectivity index (χ4n) is 1.96. The first-order valence-electron chi connectivity index (χ1n) is 6.51. The molecule has 0 radical (unpaired) electrons. The predicted molar refractivity (Wildman–Crippen MR) is 72.8 cm³/mol. The summed E-state index contributed by atoms with van der Waals surface area (Å²) in [6.45, 7) is 1.70. The molecule has 4 nitrogen and oxygen atoms in total. The van der Waals surface area contributed by atoms with Crippen LogP contribution >= 0.6 is 0 Å². The lowest BCUT2D eigenvalue weighted by atomic mass is 10.2. The van der Waals surface area contributed by atoms with Crippen LogP contribution in [0.3, 0.4) is 0 Å². The van der Waals surface area contributed by atoms with E-state index in [2.05, 4.69) is 15.3 Å². The highest BCUT2D eigenvalue weighted by molar-refractivity contribution is 5.64. The predicted octanol–water partition coefficient (Wildman–Crippen LogP) is 3.41. The largest absolute Gasteiger partial charge is 0.383 e. The molecule has 1 aromatic heterocycles. The fourth-order valence-corrected chi connectivity index (χ4v) is 1.96. The highest BCUT2D eigenvalue weighted by atomic mass is 19.2. The number of halogens is 3. The minimum Gasteiger partial charge on any atom is -0.383 e. The van der Waals surface area contributed by atoms with E-state index in [4.69, 9.17) is 5.73 Å². The summed E-state index contributed by atoms with van der Waals surface area (Å²) in [4.78, 5) is 8.54. The number of nitrogens with one attached hydrogen (secondary N) is 1. The van der Waals surface area contributed by atoms with Crippen molar-refractivity contribution in [2.75, 3.05) is 11.1 Å². The number of nitrogens with two attached hydrogens (primary N) is 1. The molecular formula is C14H13F3N4. The van der Waals surface area contributed by atoms with Crippen LogP contribution in [0.4, 0.5) is 30.5 Å². The topological polar surface area (TPSA) is 63.8 Å². The molecule has 7 heteroatoms. The van der Waals surface area contributed by atoms with E-state index in [9.17, 15) is 13.2 Å². The van der Waals surface area contributed by atoms with Gasteiger partial charge in [-0.3, -0.25) is 0 Å². The zero-order valence-corrected chi connectivity index (χ0v) is 11.3. The van der Waals surface area contributed by atoms with Gasteiger partial charge in [-0.15, -0.1) is 0 Å². The Hall–Kier alpha value is -2.31. The molecule has 0 saturated heterocycles. The Morgan fingerprint density at radius 3 is 2.33 bits per heavy atom. The van der Waals surface area contributed by atoms with Crippen LogP contribution in [-0.2, 0) is 0 Å². The fraction of sp³-hybridized carbons (Fsp3) is 0.286. The van der Waals surface area contributed by atoms with Crippen LogP contribution in [0.2, 0.25) is 0 Å². The third kappa shape index (κ3) is 2.63. The first-order valence-corrected chi connectivity index (χ1v) is 6.51. The van der Waals surface area contributed by atoms with Gasteiger partial charge in [0.15, 0.2) is 17.5 Å². The lowest BCUT2D eigenvalue weighted by Crippen LogP contribution is -2.07. The molecule has 1 heterocycles. The van der Waals surface area contributed by atoms with Crippen molar-refractivity contribution in [3.05, 3.63) is 41.0 Å². The minimum atomic E-state index is -1.50. The summed E-state index contributed by atoms with van der Waals surface area (Å²) in [5.74, 6) is -2.44. The van der Waals surface area contributed by atoms with Gasteiger partial charge in [0.1, 0.15) is 17.5 Å². The SMILES string of the molecule is Cc1c(N)nc(C2CC2)nc1Nc1cc(F)c(F)c(F)c1. The van der Waals surface area contributed by atoms with Crippen molar-refractivity contribution in [1.29, 1.82) is 0 Å². The van der Waals surface area contributed by atoms with Crippen molar-refractivity contribution in [3.8, 4) is 0 Å². The van der Waals surface area contributed by atoms with Crippen molar-refractivity contribution >= 4 is 17.3 Å². The number of rotatable bonds is 3. The number of nitrogen functional groups attached to an aromatic ring is 1. The van der Waals surface area contributed by atoms with Gasteiger partial charge < -0.3 is 11.1 Å². The quantitative estimate of drug-likeness (QED) is 0.852. The van der Waals surface area contributed by atoms with Crippen LogP contribution in [0.25, 0.3) is 0 Å². The molecule has 3 rings (SSSR count). The van der Waals surface area contributed by atoms with Gasteiger partial charge in [0, 0.05) is 29.3 Å². The van der Waals surface area contributed by atoms with Crippen LogP contribution < -0.4 is 11.1 Å². The summed E-state index contributed by atoms with van der Waals surface area (Å²) in [6.07, 6.45) is 2.00. The lowest BCUT2D eigenvalue weighted by Gasteiger charge is -2.12. The zero-order valence-electron chi connectivity index (χ0n) is 11.3. The third-order valence-corrected chi connectivity index (χ3v) is 3.39. The Bertz CT molecular complexity index is 691. The number of benzene rings is 1. The maximum Gasteiger partial charge on any atom is 0.194 e. The first kappa shape index (κ1) is 13.7. The van der Waals surface area contributed by atoms with E-state index in [0.717, 1.165) is 25.0 Å². The molecule has 0 unspecified atom stereocenters. The summed E-state index contributed by atoms with van der Waals surface area (Å²) in [5.41, 5.74) is 6.46. The highest BCUT2D eigenvalue weighted by Gasteiger charge is 2.28. The number of hydrogen-bond acceptors (Lipinski definition) is 4. The summed E-state index contributed by atoms with van der Waals surface area (Å²) in [7, 11) is 0. The Morgan fingerprint density at radius 2 is 1.76 bits per heavy atom.